The molecule has 0 spiro atoms. The molecule has 0 fully saturated rings. The van der Waals surface area contributed by atoms with E-state index in [0.29, 0.717) is 12.0 Å². The fourth-order valence-electron chi connectivity index (χ4n) is 3.12. The van der Waals surface area contributed by atoms with Crippen LogP contribution in [-0.2, 0) is 21.2 Å². The molecule has 0 saturated heterocycles. The third-order valence-electron chi connectivity index (χ3n) is 4.56. The molecule has 0 aliphatic carbocycles. The number of unbranched alkanes of at least 4 members (excludes halogenated alkanes) is 1. The zero-order valence-electron chi connectivity index (χ0n) is 15.3. The Balaban J connectivity index is 1.50. The molecule has 0 bridgehead atoms. The molecule has 0 aliphatic heterocycles. The van der Waals surface area contributed by atoms with Crippen LogP contribution in [0.25, 0.3) is 10.8 Å². The topological polar surface area (TPSA) is 63.2 Å². The summed E-state index contributed by atoms with van der Waals surface area (Å²) in [5.41, 5.74) is 1.84. The van der Waals surface area contributed by atoms with Crippen molar-refractivity contribution in [2.24, 2.45) is 0 Å². The van der Waals surface area contributed by atoms with Crippen molar-refractivity contribution in [3.63, 3.8) is 0 Å². The molecule has 3 aromatic carbocycles. The highest BCUT2D eigenvalue weighted by Crippen LogP contribution is 2.18. The number of benzene rings is 3. The first-order chi connectivity index (χ1) is 13.0. The molecule has 140 valence electrons. The Labute approximate surface area is 160 Å². The quantitative estimate of drug-likeness (QED) is 0.618. The number of carbonyl (C=O) groups excluding carboxylic acids is 1. The van der Waals surface area contributed by atoms with Crippen molar-refractivity contribution in [2.45, 2.75) is 37.5 Å². The van der Waals surface area contributed by atoms with Crippen molar-refractivity contribution < 1.29 is 13.2 Å². The van der Waals surface area contributed by atoms with Gasteiger partial charge in [-0.15, -0.1) is 0 Å². The van der Waals surface area contributed by atoms with Crippen LogP contribution in [0.3, 0.4) is 0 Å². The van der Waals surface area contributed by atoms with Crippen molar-refractivity contribution >= 4 is 26.7 Å². The summed E-state index contributed by atoms with van der Waals surface area (Å²) in [5.74, 6) is -0.461. The summed E-state index contributed by atoms with van der Waals surface area (Å²) < 4.78 is 26.8. The molecule has 4 nitrogen and oxygen atoms in total. The maximum Gasteiger partial charge on any atom is 0.264 e. The molecular formula is C22H23NO3S. The van der Waals surface area contributed by atoms with Crippen LogP contribution in [0.15, 0.2) is 71.6 Å². The molecule has 0 saturated carbocycles. The zero-order chi connectivity index (χ0) is 19.3. The summed E-state index contributed by atoms with van der Waals surface area (Å²) in [7, 11) is -3.80. The largest absolute Gasteiger partial charge is 0.274 e. The lowest BCUT2D eigenvalue weighted by Gasteiger charge is -2.09. The summed E-state index contributed by atoms with van der Waals surface area (Å²) >= 11 is 0. The minimum absolute atomic E-state index is 0.148. The van der Waals surface area contributed by atoms with Crippen LogP contribution in [-0.4, -0.2) is 14.3 Å². The summed E-state index contributed by atoms with van der Waals surface area (Å²) in [5, 5.41) is 2.42. The van der Waals surface area contributed by atoms with E-state index in [-0.39, 0.29) is 11.3 Å². The molecule has 0 radical (unpaired) electrons. The van der Waals surface area contributed by atoms with Gasteiger partial charge in [0.25, 0.3) is 10.0 Å². The average molecular weight is 381 g/mol. The Hall–Kier alpha value is -2.66. The minimum Gasteiger partial charge on any atom is -0.274 e. The first-order valence-corrected chi connectivity index (χ1v) is 10.5. The van der Waals surface area contributed by atoms with Crippen LogP contribution in [0.2, 0.25) is 0 Å². The zero-order valence-corrected chi connectivity index (χ0v) is 16.1. The van der Waals surface area contributed by atoms with Gasteiger partial charge < -0.3 is 0 Å². The highest BCUT2D eigenvalue weighted by atomic mass is 32.2. The van der Waals surface area contributed by atoms with Gasteiger partial charge in [0.15, 0.2) is 0 Å². The molecule has 5 heteroatoms. The maximum absolute atomic E-state index is 12.3. The van der Waals surface area contributed by atoms with Gasteiger partial charge in [-0.2, -0.15) is 0 Å². The normalized spacial score (nSPS) is 11.4. The van der Waals surface area contributed by atoms with Crippen molar-refractivity contribution in [2.75, 3.05) is 0 Å². The fourth-order valence-corrected chi connectivity index (χ4v) is 4.38. The predicted octanol–water partition coefficient (Wildman–Crippen LogP) is 4.37. The highest BCUT2D eigenvalue weighted by molar-refractivity contribution is 7.90. The second kappa shape index (κ2) is 8.35. The summed E-state index contributed by atoms with van der Waals surface area (Å²) in [6.45, 7) is 1.71. The van der Waals surface area contributed by atoms with Crippen LogP contribution in [0.1, 0.15) is 30.4 Å². The first-order valence-electron chi connectivity index (χ1n) is 9.05. The lowest BCUT2D eigenvalue weighted by molar-refractivity contribution is -0.119. The molecule has 0 aromatic heterocycles. The molecule has 0 aliphatic rings. The lowest BCUT2D eigenvalue weighted by Crippen LogP contribution is -2.30. The molecule has 0 heterocycles. The summed E-state index contributed by atoms with van der Waals surface area (Å²) in [6.07, 6.45) is 2.53. The fraction of sp³-hybridized carbons (Fsp3) is 0.227. The SMILES string of the molecule is Cc1ccccc1S(=O)(=O)NC(=O)CCCCc1ccc2ccccc2c1. The molecule has 1 N–H and O–H groups in total. The average Bonchev–Trinajstić information content (AvgIpc) is 2.65. The predicted molar refractivity (Wildman–Crippen MR) is 108 cm³/mol. The monoisotopic (exact) mass is 381 g/mol. The van der Waals surface area contributed by atoms with Crippen LogP contribution in [0.4, 0.5) is 0 Å². The van der Waals surface area contributed by atoms with E-state index in [2.05, 4.69) is 35.1 Å². The van der Waals surface area contributed by atoms with Crippen LogP contribution in [0, 0.1) is 6.92 Å². The van der Waals surface area contributed by atoms with E-state index in [1.54, 1.807) is 25.1 Å². The molecule has 0 unspecified atom stereocenters. The van der Waals surface area contributed by atoms with E-state index in [1.807, 2.05) is 12.1 Å². The van der Waals surface area contributed by atoms with Crippen LogP contribution < -0.4 is 4.72 Å². The van der Waals surface area contributed by atoms with Gasteiger partial charge in [-0.25, -0.2) is 13.1 Å². The van der Waals surface area contributed by atoms with Crippen molar-refractivity contribution in [1.82, 2.24) is 4.72 Å². The smallest absolute Gasteiger partial charge is 0.264 e. The molecule has 27 heavy (non-hydrogen) atoms. The van der Waals surface area contributed by atoms with Crippen molar-refractivity contribution in [1.29, 1.82) is 0 Å². The van der Waals surface area contributed by atoms with E-state index >= 15 is 0 Å². The molecule has 0 atom stereocenters. The number of hydrogen-bond acceptors (Lipinski definition) is 3. The summed E-state index contributed by atoms with van der Waals surface area (Å²) in [6, 6.07) is 21.2. The van der Waals surface area contributed by atoms with E-state index in [1.165, 1.54) is 22.4 Å². The van der Waals surface area contributed by atoms with Gasteiger partial charge in [0.1, 0.15) is 0 Å². The molecule has 1 amide bonds. The number of aryl methyl sites for hydroxylation is 2. The van der Waals surface area contributed by atoms with Crippen molar-refractivity contribution in [3.05, 3.63) is 77.9 Å². The van der Waals surface area contributed by atoms with Gasteiger partial charge in [0.05, 0.1) is 4.90 Å². The van der Waals surface area contributed by atoms with Crippen LogP contribution in [0.5, 0.6) is 0 Å². The van der Waals surface area contributed by atoms with Crippen LogP contribution >= 0.6 is 0 Å². The third-order valence-corrected chi connectivity index (χ3v) is 6.10. The molecule has 3 aromatic rings. The lowest BCUT2D eigenvalue weighted by atomic mass is 10.0. The second-order valence-electron chi connectivity index (χ2n) is 6.68. The Morgan fingerprint density at radius 3 is 2.37 bits per heavy atom. The van der Waals surface area contributed by atoms with Gasteiger partial charge >= 0.3 is 0 Å². The number of fused-ring (bicyclic) bond motifs is 1. The molecular weight excluding hydrogens is 358 g/mol. The highest BCUT2D eigenvalue weighted by Gasteiger charge is 2.18. The Morgan fingerprint density at radius 1 is 0.889 bits per heavy atom. The van der Waals surface area contributed by atoms with E-state index in [4.69, 9.17) is 0 Å². The number of nitrogens with one attached hydrogen (secondary N) is 1. The standard InChI is InChI=1S/C22H23NO3S/c1-17-8-2-6-12-21(17)27(25,26)23-22(24)13-7-3-9-18-14-15-19-10-4-5-11-20(19)16-18/h2,4-6,8,10-12,14-16H,3,7,9,13H2,1H3,(H,23,24). The number of rotatable bonds is 7. The minimum atomic E-state index is -3.80. The van der Waals surface area contributed by atoms with E-state index < -0.39 is 15.9 Å². The number of sulfonamides is 1. The van der Waals surface area contributed by atoms with Gasteiger partial charge in [-0.1, -0.05) is 60.7 Å². The second-order valence-corrected chi connectivity index (χ2v) is 8.33. The van der Waals surface area contributed by atoms with Gasteiger partial charge in [0, 0.05) is 6.42 Å². The van der Waals surface area contributed by atoms with Crippen molar-refractivity contribution in [3.8, 4) is 0 Å². The molecule has 3 rings (SSSR count). The van der Waals surface area contributed by atoms with Gasteiger partial charge in [-0.3, -0.25) is 4.79 Å². The number of amides is 1. The number of hydrogen-bond donors (Lipinski definition) is 1. The third kappa shape index (κ3) is 4.95. The maximum atomic E-state index is 12.3. The number of carbonyl (C=O) groups is 1. The summed E-state index contributed by atoms with van der Waals surface area (Å²) in [4.78, 5) is 12.2. The van der Waals surface area contributed by atoms with Gasteiger partial charge in [-0.05, 0) is 54.2 Å². The Kier molecular flexibility index (Phi) is 5.91. The Bertz CT molecular complexity index is 1060. The Morgan fingerprint density at radius 2 is 1.59 bits per heavy atom. The van der Waals surface area contributed by atoms with Gasteiger partial charge in [0.2, 0.25) is 5.91 Å². The van der Waals surface area contributed by atoms with E-state index in [9.17, 15) is 13.2 Å². The van der Waals surface area contributed by atoms with E-state index in [0.717, 1.165) is 12.8 Å². The first kappa shape index (κ1) is 19.1.